The number of fused-ring (bicyclic) bond motifs is 1. The molecule has 3 nitrogen and oxygen atoms in total. The Balaban J connectivity index is 1.74. The number of carbonyl (C=O) groups is 1. The summed E-state index contributed by atoms with van der Waals surface area (Å²) in [6.45, 7) is 4.86. The number of nitrogens with zero attached hydrogens (tertiary/aromatic N) is 2. The van der Waals surface area contributed by atoms with Gasteiger partial charge in [0, 0.05) is 24.8 Å². The van der Waals surface area contributed by atoms with Crippen molar-refractivity contribution < 1.29 is 4.79 Å². The maximum absolute atomic E-state index is 12.6. The summed E-state index contributed by atoms with van der Waals surface area (Å²) in [5, 5.41) is 1.23. The lowest BCUT2D eigenvalue weighted by atomic mass is 9.94. The lowest BCUT2D eigenvalue weighted by Crippen LogP contribution is -2.40. The van der Waals surface area contributed by atoms with E-state index >= 15 is 0 Å². The normalized spacial score (nSPS) is 16.2. The second kappa shape index (κ2) is 6.77. The van der Waals surface area contributed by atoms with Gasteiger partial charge in [0.1, 0.15) is 6.54 Å². The van der Waals surface area contributed by atoms with E-state index in [0.29, 0.717) is 18.5 Å². The van der Waals surface area contributed by atoms with E-state index < -0.39 is 0 Å². The van der Waals surface area contributed by atoms with Crippen LogP contribution in [-0.2, 0) is 11.3 Å². The number of amides is 1. The van der Waals surface area contributed by atoms with Crippen LogP contribution in [0.4, 0.5) is 0 Å². The van der Waals surface area contributed by atoms with E-state index in [1.165, 1.54) is 30.2 Å². The molecular formula is C20H28N2O. The van der Waals surface area contributed by atoms with Crippen molar-refractivity contribution in [2.45, 2.75) is 64.5 Å². The van der Waals surface area contributed by atoms with Crippen LogP contribution in [0.15, 0.2) is 30.5 Å². The van der Waals surface area contributed by atoms with E-state index in [0.717, 1.165) is 18.4 Å². The molecule has 0 saturated heterocycles. The minimum atomic E-state index is 0.224. The van der Waals surface area contributed by atoms with Crippen LogP contribution in [0.3, 0.4) is 0 Å². The summed E-state index contributed by atoms with van der Waals surface area (Å²) in [5.74, 6) is 0.754. The van der Waals surface area contributed by atoms with Gasteiger partial charge in [-0.2, -0.15) is 0 Å². The van der Waals surface area contributed by atoms with E-state index in [1.54, 1.807) is 0 Å². The third-order valence-electron chi connectivity index (χ3n) is 5.28. The first-order valence-electron chi connectivity index (χ1n) is 8.90. The zero-order valence-electron chi connectivity index (χ0n) is 14.6. The number of benzene rings is 1. The van der Waals surface area contributed by atoms with Gasteiger partial charge < -0.3 is 9.47 Å². The van der Waals surface area contributed by atoms with Crippen LogP contribution >= 0.6 is 0 Å². The molecule has 1 amide bonds. The Hall–Kier alpha value is -1.77. The largest absolute Gasteiger partial charge is 0.341 e. The van der Waals surface area contributed by atoms with Gasteiger partial charge in [-0.15, -0.1) is 0 Å². The molecule has 1 saturated carbocycles. The van der Waals surface area contributed by atoms with Crippen molar-refractivity contribution in [1.82, 2.24) is 9.47 Å². The minimum absolute atomic E-state index is 0.224. The summed E-state index contributed by atoms with van der Waals surface area (Å²) in [6, 6.07) is 9.13. The van der Waals surface area contributed by atoms with E-state index in [-0.39, 0.29) is 5.91 Å². The highest BCUT2D eigenvalue weighted by Crippen LogP contribution is 2.24. The first kappa shape index (κ1) is 16.1. The Kier molecular flexibility index (Phi) is 4.74. The molecule has 1 aromatic heterocycles. The molecule has 3 heteroatoms. The monoisotopic (exact) mass is 312 g/mol. The molecule has 0 spiro atoms. The molecule has 0 aliphatic heterocycles. The predicted octanol–water partition coefficient (Wildman–Crippen LogP) is 4.56. The zero-order valence-corrected chi connectivity index (χ0v) is 14.6. The summed E-state index contributed by atoms with van der Waals surface area (Å²) < 4.78 is 2.08. The lowest BCUT2D eigenvalue weighted by molar-refractivity contribution is -0.133. The number of aromatic nitrogens is 1. The van der Waals surface area contributed by atoms with Crippen LogP contribution in [0, 0.1) is 0 Å². The maximum Gasteiger partial charge on any atom is 0.242 e. The second-order valence-corrected chi connectivity index (χ2v) is 7.21. The molecule has 124 valence electrons. The van der Waals surface area contributed by atoms with Crippen LogP contribution in [0.5, 0.6) is 0 Å². The second-order valence-electron chi connectivity index (χ2n) is 7.21. The Labute approximate surface area is 139 Å². The van der Waals surface area contributed by atoms with Crippen molar-refractivity contribution >= 4 is 16.8 Å². The van der Waals surface area contributed by atoms with E-state index in [9.17, 15) is 4.79 Å². The summed E-state index contributed by atoms with van der Waals surface area (Å²) in [4.78, 5) is 14.6. The van der Waals surface area contributed by atoms with Gasteiger partial charge in [-0.3, -0.25) is 4.79 Å². The summed E-state index contributed by atoms with van der Waals surface area (Å²) in [6.07, 6.45) is 8.19. The molecule has 1 aliphatic carbocycles. The molecule has 0 N–H and O–H groups in total. The number of likely N-dealkylation sites (N-methyl/N-ethyl adjacent to an activating group) is 1. The van der Waals surface area contributed by atoms with Crippen LogP contribution in [0.25, 0.3) is 10.9 Å². The molecule has 23 heavy (non-hydrogen) atoms. The van der Waals surface area contributed by atoms with Gasteiger partial charge in [0.25, 0.3) is 0 Å². The molecule has 0 bridgehead atoms. The predicted molar refractivity (Wildman–Crippen MR) is 95.7 cm³/mol. The van der Waals surface area contributed by atoms with E-state index in [2.05, 4.69) is 42.7 Å². The fourth-order valence-electron chi connectivity index (χ4n) is 3.64. The van der Waals surface area contributed by atoms with Crippen LogP contribution in [0.2, 0.25) is 0 Å². The molecule has 0 unspecified atom stereocenters. The van der Waals surface area contributed by atoms with Gasteiger partial charge >= 0.3 is 0 Å². The van der Waals surface area contributed by atoms with Crippen LogP contribution in [-0.4, -0.2) is 28.5 Å². The third-order valence-corrected chi connectivity index (χ3v) is 5.28. The third kappa shape index (κ3) is 3.44. The maximum atomic E-state index is 12.6. The highest BCUT2D eigenvalue weighted by molar-refractivity contribution is 5.84. The van der Waals surface area contributed by atoms with Crippen molar-refractivity contribution in [2.24, 2.45) is 0 Å². The molecular weight excluding hydrogens is 284 g/mol. The Morgan fingerprint density at radius 3 is 2.65 bits per heavy atom. The molecule has 1 aliphatic rings. The Morgan fingerprint density at radius 1 is 1.22 bits per heavy atom. The summed E-state index contributed by atoms with van der Waals surface area (Å²) in [5.41, 5.74) is 2.50. The van der Waals surface area contributed by atoms with Crippen molar-refractivity contribution in [1.29, 1.82) is 0 Å². The van der Waals surface area contributed by atoms with Crippen molar-refractivity contribution in [3.63, 3.8) is 0 Å². The quantitative estimate of drug-likeness (QED) is 0.812. The highest BCUT2D eigenvalue weighted by atomic mass is 16.2. The molecule has 1 fully saturated rings. The summed E-state index contributed by atoms with van der Waals surface area (Å²) in [7, 11) is 1.97. The van der Waals surface area contributed by atoms with E-state index in [4.69, 9.17) is 0 Å². The molecule has 2 aromatic rings. The fraction of sp³-hybridized carbons (Fsp3) is 0.550. The van der Waals surface area contributed by atoms with Crippen molar-refractivity contribution in [3.05, 3.63) is 36.0 Å². The molecule has 3 rings (SSSR count). The number of carbonyl (C=O) groups excluding carboxylic acids is 1. The van der Waals surface area contributed by atoms with Gasteiger partial charge in [-0.1, -0.05) is 39.2 Å². The van der Waals surface area contributed by atoms with Crippen molar-refractivity contribution in [2.75, 3.05) is 7.05 Å². The molecule has 0 atom stereocenters. The van der Waals surface area contributed by atoms with E-state index in [1.807, 2.05) is 18.1 Å². The van der Waals surface area contributed by atoms with Crippen LogP contribution < -0.4 is 0 Å². The smallest absolute Gasteiger partial charge is 0.242 e. The number of hydrogen-bond acceptors (Lipinski definition) is 1. The summed E-state index contributed by atoms with van der Waals surface area (Å²) >= 11 is 0. The van der Waals surface area contributed by atoms with Gasteiger partial charge in [-0.05, 0) is 47.9 Å². The van der Waals surface area contributed by atoms with Gasteiger partial charge in [0.05, 0.1) is 0 Å². The molecule has 0 radical (unpaired) electrons. The van der Waals surface area contributed by atoms with Gasteiger partial charge in [0.15, 0.2) is 0 Å². The lowest BCUT2D eigenvalue weighted by Gasteiger charge is -2.31. The number of hydrogen-bond donors (Lipinski definition) is 0. The Bertz CT molecular complexity index is 680. The first-order valence-corrected chi connectivity index (χ1v) is 8.90. The Morgan fingerprint density at radius 2 is 1.96 bits per heavy atom. The SMILES string of the molecule is CC(C)c1ccc2c(ccn2CC(=O)N(C)C2CCCCC2)c1. The van der Waals surface area contributed by atoms with Gasteiger partial charge in [-0.25, -0.2) is 0 Å². The van der Waals surface area contributed by atoms with Crippen molar-refractivity contribution in [3.8, 4) is 0 Å². The average molecular weight is 312 g/mol. The van der Waals surface area contributed by atoms with Crippen LogP contribution in [0.1, 0.15) is 57.4 Å². The zero-order chi connectivity index (χ0) is 16.4. The first-order chi connectivity index (χ1) is 11.1. The average Bonchev–Trinajstić information content (AvgIpc) is 2.97. The highest BCUT2D eigenvalue weighted by Gasteiger charge is 2.22. The topological polar surface area (TPSA) is 25.2 Å². The number of rotatable bonds is 4. The minimum Gasteiger partial charge on any atom is -0.341 e. The fourth-order valence-corrected chi connectivity index (χ4v) is 3.64. The standard InChI is InChI=1S/C20H28N2O/c1-15(2)16-9-10-19-17(13-16)11-12-22(19)14-20(23)21(3)18-7-5-4-6-8-18/h9-13,15,18H,4-8,14H2,1-3H3. The molecule has 1 heterocycles. The molecule has 1 aromatic carbocycles. The van der Waals surface area contributed by atoms with Gasteiger partial charge in [0.2, 0.25) is 5.91 Å².